The van der Waals surface area contributed by atoms with Gasteiger partial charge in [-0.3, -0.25) is 0 Å². The molecule has 1 saturated heterocycles. The van der Waals surface area contributed by atoms with Gasteiger partial charge < -0.3 is 14.7 Å². The second kappa shape index (κ2) is 7.12. The Balaban J connectivity index is 2.74. The van der Waals surface area contributed by atoms with E-state index in [1.165, 1.54) is 6.42 Å². The zero-order chi connectivity index (χ0) is 21.7. The first-order valence-electron chi connectivity index (χ1n) is 10.5. The van der Waals surface area contributed by atoms with Crippen LogP contribution in [-0.2, 0) is 10.8 Å². The minimum Gasteiger partial charge on any atom is -0.507 e. The van der Waals surface area contributed by atoms with Crippen molar-refractivity contribution in [1.82, 2.24) is 5.06 Å². The Kier molecular flexibility index (Phi) is 5.82. The third kappa shape index (κ3) is 4.27. The minimum atomic E-state index is -0.308. The predicted octanol–water partition coefficient (Wildman–Crippen LogP) is 6.33. The summed E-state index contributed by atoms with van der Waals surface area (Å²) >= 11 is 0. The van der Waals surface area contributed by atoms with Gasteiger partial charge >= 0.3 is 0 Å². The van der Waals surface area contributed by atoms with Crippen LogP contribution in [0.1, 0.15) is 99.6 Å². The lowest BCUT2D eigenvalue weighted by Gasteiger charge is -2.51. The van der Waals surface area contributed by atoms with Crippen LogP contribution in [0.25, 0.3) is 0 Å². The number of phenolic OH excluding ortho intramolecular Hbond substituents is 1. The average Bonchev–Trinajstić information content (AvgIpc) is 2.48. The molecule has 1 aromatic rings. The van der Waals surface area contributed by atoms with Gasteiger partial charge in [-0.25, -0.2) is 0 Å². The van der Waals surface area contributed by atoms with Gasteiger partial charge in [0.25, 0.3) is 0 Å². The molecule has 0 atom stereocenters. The Hall–Kier alpha value is -1.42. The first-order chi connectivity index (χ1) is 12.5. The van der Waals surface area contributed by atoms with Crippen LogP contribution in [0, 0.1) is 0 Å². The molecule has 1 fully saturated rings. The smallest absolute Gasteiger partial charge is 0.196 e. The molecule has 0 spiro atoms. The number of piperidine rings is 1. The van der Waals surface area contributed by atoms with Crippen LogP contribution in [-0.4, -0.2) is 28.4 Å². The van der Waals surface area contributed by atoms with E-state index in [0.29, 0.717) is 17.2 Å². The van der Waals surface area contributed by atoms with E-state index in [1.54, 1.807) is 7.11 Å². The van der Waals surface area contributed by atoms with E-state index >= 15 is 0 Å². The van der Waals surface area contributed by atoms with Gasteiger partial charge in [0.05, 0.1) is 18.2 Å². The number of ether oxygens (including phenoxy) is 1. The molecule has 1 aromatic carbocycles. The molecule has 0 aromatic heterocycles. The summed E-state index contributed by atoms with van der Waals surface area (Å²) in [5.74, 6) is 1.61. The maximum Gasteiger partial charge on any atom is 0.196 e. The van der Waals surface area contributed by atoms with Crippen LogP contribution in [0.5, 0.6) is 17.2 Å². The van der Waals surface area contributed by atoms with Gasteiger partial charge in [-0.2, -0.15) is 0 Å². The third-order valence-electron chi connectivity index (χ3n) is 5.86. The standard InChI is InChI=1S/C24H41NO3/c1-21(2,3)16-15-17(27-11)20(18(19(16)26)22(4,5)6)28-25-23(7,8)13-12-14-24(25,9)10/h15,26H,12-14H2,1-11H3. The van der Waals surface area contributed by atoms with E-state index in [9.17, 15) is 5.11 Å². The van der Waals surface area contributed by atoms with Crippen molar-refractivity contribution in [2.75, 3.05) is 7.11 Å². The quantitative estimate of drug-likeness (QED) is 0.653. The van der Waals surface area contributed by atoms with E-state index < -0.39 is 0 Å². The normalized spacial score (nSPS) is 20.1. The number of rotatable bonds is 3. The Morgan fingerprint density at radius 1 is 0.929 bits per heavy atom. The van der Waals surface area contributed by atoms with Gasteiger partial charge in [0.1, 0.15) is 5.75 Å². The Morgan fingerprint density at radius 2 is 1.43 bits per heavy atom. The molecule has 1 aliphatic heterocycles. The average molecular weight is 392 g/mol. The monoisotopic (exact) mass is 391 g/mol. The highest BCUT2D eigenvalue weighted by Crippen LogP contribution is 2.51. The molecule has 0 unspecified atom stereocenters. The fourth-order valence-electron chi connectivity index (χ4n) is 4.45. The summed E-state index contributed by atoms with van der Waals surface area (Å²) in [6.45, 7) is 21.5. The topological polar surface area (TPSA) is 41.9 Å². The number of hydroxylamine groups is 2. The molecule has 28 heavy (non-hydrogen) atoms. The third-order valence-corrected chi connectivity index (χ3v) is 5.86. The summed E-state index contributed by atoms with van der Waals surface area (Å²) in [7, 11) is 1.67. The van der Waals surface area contributed by atoms with Crippen LogP contribution < -0.4 is 9.57 Å². The van der Waals surface area contributed by atoms with Gasteiger partial charge in [0, 0.05) is 11.1 Å². The lowest BCUT2D eigenvalue weighted by Crippen LogP contribution is -2.60. The molecule has 1 N–H and O–H groups in total. The van der Waals surface area contributed by atoms with E-state index in [4.69, 9.17) is 9.57 Å². The summed E-state index contributed by atoms with van der Waals surface area (Å²) in [6.07, 6.45) is 3.31. The first kappa shape index (κ1) is 22.9. The van der Waals surface area contributed by atoms with Crippen LogP contribution >= 0.6 is 0 Å². The number of methoxy groups -OCH3 is 1. The molecule has 0 amide bonds. The number of hydrogen-bond donors (Lipinski definition) is 1. The van der Waals surface area contributed by atoms with Gasteiger partial charge in [-0.1, -0.05) is 41.5 Å². The van der Waals surface area contributed by atoms with E-state index in [2.05, 4.69) is 74.3 Å². The molecule has 1 aliphatic rings. The van der Waals surface area contributed by atoms with Crippen molar-refractivity contribution in [3.05, 3.63) is 17.2 Å². The van der Waals surface area contributed by atoms with Crippen molar-refractivity contribution < 1.29 is 14.7 Å². The highest BCUT2D eigenvalue weighted by molar-refractivity contribution is 5.61. The molecule has 4 heteroatoms. The van der Waals surface area contributed by atoms with E-state index in [0.717, 1.165) is 24.0 Å². The summed E-state index contributed by atoms with van der Waals surface area (Å²) in [6, 6.07) is 1.93. The van der Waals surface area contributed by atoms with Crippen LogP contribution in [0.3, 0.4) is 0 Å². The van der Waals surface area contributed by atoms with Crippen molar-refractivity contribution in [2.45, 2.75) is 110 Å². The van der Waals surface area contributed by atoms with Crippen molar-refractivity contribution in [2.24, 2.45) is 0 Å². The van der Waals surface area contributed by atoms with Gasteiger partial charge in [-0.05, 0) is 63.9 Å². The fraction of sp³-hybridized carbons (Fsp3) is 0.750. The fourth-order valence-corrected chi connectivity index (χ4v) is 4.45. The molecule has 160 valence electrons. The highest BCUT2D eigenvalue weighted by Gasteiger charge is 2.45. The van der Waals surface area contributed by atoms with Crippen LogP contribution in [0.4, 0.5) is 0 Å². The number of nitrogens with zero attached hydrogens (tertiary/aromatic N) is 1. The Labute approximate surface area is 172 Å². The van der Waals surface area contributed by atoms with Gasteiger partial charge in [0.15, 0.2) is 11.5 Å². The summed E-state index contributed by atoms with van der Waals surface area (Å²) < 4.78 is 5.79. The van der Waals surface area contributed by atoms with Crippen molar-refractivity contribution in [1.29, 1.82) is 0 Å². The molecular weight excluding hydrogens is 350 g/mol. The van der Waals surface area contributed by atoms with Gasteiger partial charge in [0.2, 0.25) is 0 Å². The Morgan fingerprint density at radius 3 is 1.82 bits per heavy atom. The van der Waals surface area contributed by atoms with Crippen molar-refractivity contribution in [3.8, 4) is 17.2 Å². The minimum absolute atomic E-state index is 0.111. The SMILES string of the molecule is COc1cc(C(C)(C)C)c(O)c(C(C)(C)C)c1ON1C(C)(C)CCCC1(C)C. The largest absolute Gasteiger partial charge is 0.507 e. The molecule has 0 radical (unpaired) electrons. The van der Waals surface area contributed by atoms with Crippen LogP contribution in [0.2, 0.25) is 0 Å². The van der Waals surface area contributed by atoms with Crippen LogP contribution in [0.15, 0.2) is 6.07 Å². The lowest BCUT2D eigenvalue weighted by atomic mass is 9.78. The number of phenols is 1. The summed E-state index contributed by atoms with van der Waals surface area (Å²) in [4.78, 5) is 6.66. The second-order valence-corrected chi connectivity index (χ2v) is 11.5. The molecular formula is C24H41NO3. The first-order valence-corrected chi connectivity index (χ1v) is 10.5. The molecule has 4 nitrogen and oxygen atoms in total. The second-order valence-electron chi connectivity index (χ2n) is 11.5. The molecule has 0 bridgehead atoms. The van der Waals surface area contributed by atoms with Gasteiger partial charge in [-0.15, -0.1) is 5.06 Å². The lowest BCUT2D eigenvalue weighted by molar-refractivity contribution is -0.218. The Bertz CT molecular complexity index is 705. The summed E-state index contributed by atoms with van der Waals surface area (Å²) in [5.41, 5.74) is 0.936. The number of hydrogen-bond acceptors (Lipinski definition) is 4. The maximum absolute atomic E-state index is 11.3. The molecule has 1 heterocycles. The molecule has 2 rings (SSSR count). The molecule has 0 aliphatic carbocycles. The predicted molar refractivity (Wildman–Crippen MR) is 117 cm³/mol. The van der Waals surface area contributed by atoms with Crippen molar-refractivity contribution in [3.63, 3.8) is 0 Å². The summed E-state index contributed by atoms with van der Waals surface area (Å²) in [5, 5.41) is 13.4. The van der Waals surface area contributed by atoms with E-state index in [-0.39, 0.29) is 21.9 Å². The van der Waals surface area contributed by atoms with E-state index in [1.807, 2.05) is 6.07 Å². The zero-order valence-electron chi connectivity index (χ0n) is 19.9. The van der Waals surface area contributed by atoms with Crippen molar-refractivity contribution >= 4 is 0 Å². The number of benzene rings is 1. The maximum atomic E-state index is 11.3. The highest BCUT2D eigenvalue weighted by atomic mass is 16.7. The number of aromatic hydroxyl groups is 1. The zero-order valence-corrected chi connectivity index (χ0v) is 19.9. The molecule has 0 saturated carbocycles.